The number of halogens is 6. The van der Waals surface area contributed by atoms with Crippen LogP contribution in [-0.4, -0.2) is 16.2 Å². The fourth-order valence-corrected chi connectivity index (χ4v) is 2.75. The van der Waals surface area contributed by atoms with Gasteiger partial charge in [0.15, 0.2) is 0 Å². The summed E-state index contributed by atoms with van der Waals surface area (Å²) in [7, 11) is 0. The van der Waals surface area contributed by atoms with Crippen LogP contribution in [-0.2, 0) is 12.4 Å². The van der Waals surface area contributed by atoms with E-state index < -0.39 is 40.2 Å². The molecule has 0 aliphatic heterocycles. The first kappa shape index (κ1) is 22.6. The highest BCUT2D eigenvalue weighted by molar-refractivity contribution is 7.80. The molecule has 0 spiro atoms. The lowest BCUT2D eigenvalue weighted by Crippen LogP contribution is -2.41. The molecule has 0 aliphatic carbocycles. The van der Waals surface area contributed by atoms with Gasteiger partial charge in [0.25, 0.3) is 5.91 Å². The minimum atomic E-state index is -5.22. The van der Waals surface area contributed by atoms with Crippen molar-refractivity contribution in [2.75, 3.05) is 5.06 Å². The molecule has 0 aliphatic rings. The molecule has 0 unspecified atom stereocenters. The van der Waals surface area contributed by atoms with Crippen molar-refractivity contribution in [2.45, 2.75) is 26.2 Å². The first-order valence-corrected chi connectivity index (χ1v) is 8.32. The van der Waals surface area contributed by atoms with Crippen molar-refractivity contribution in [2.24, 2.45) is 0 Å². The maximum atomic E-state index is 13.2. The number of thiocarbonyl (C=S) groups is 1. The van der Waals surface area contributed by atoms with Gasteiger partial charge < -0.3 is 0 Å². The second kappa shape index (κ2) is 7.99. The molecule has 2 rings (SSSR count). The highest BCUT2D eigenvalue weighted by Crippen LogP contribution is 2.40. The van der Waals surface area contributed by atoms with Crippen LogP contribution in [0.1, 0.15) is 32.6 Å². The summed E-state index contributed by atoms with van der Waals surface area (Å²) in [5.74, 6) is -0.804. The predicted molar refractivity (Wildman–Crippen MR) is 96.7 cm³/mol. The Balaban J connectivity index is 2.34. The van der Waals surface area contributed by atoms with Crippen LogP contribution in [0.4, 0.5) is 32.0 Å². The Labute approximate surface area is 166 Å². The van der Waals surface area contributed by atoms with Gasteiger partial charge in [0.2, 0.25) is 5.11 Å². The van der Waals surface area contributed by atoms with Crippen LogP contribution in [0.5, 0.6) is 0 Å². The second-order valence-electron chi connectivity index (χ2n) is 6.17. The van der Waals surface area contributed by atoms with Gasteiger partial charge in [-0.1, -0.05) is 17.2 Å². The summed E-state index contributed by atoms with van der Waals surface area (Å²) in [6.07, 6.45) is -10.2. The fraction of sp³-hybridized carbons (Fsp3) is 0.222. The Morgan fingerprint density at radius 1 is 0.966 bits per heavy atom. The number of anilines is 1. The number of hydroxylamine groups is 1. The van der Waals surface area contributed by atoms with Gasteiger partial charge in [-0.25, -0.2) is 0 Å². The lowest BCUT2D eigenvalue weighted by molar-refractivity contribution is -0.142. The first-order chi connectivity index (χ1) is 13.2. The number of nitrogens with one attached hydrogen (secondary N) is 1. The SMILES string of the molecule is Cc1cc(C)cc(C(=O)NC(=S)N(O)c2ccc(C(F)(F)F)cc2C(F)(F)F)c1. The molecule has 0 aromatic heterocycles. The highest BCUT2D eigenvalue weighted by Gasteiger charge is 2.39. The zero-order valence-corrected chi connectivity index (χ0v) is 15.8. The van der Waals surface area contributed by atoms with Crippen molar-refractivity contribution in [1.29, 1.82) is 0 Å². The topological polar surface area (TPSA) is 52.6 Å². The van der Waals surface area contributed by atoms with E-state index in [0.29, 0.717) is 12.1 Å². The number of hydrogen-bond donors (Lipinski definition) is 2. The minimum Gasteiger partial charge on any atom is -0.297 e. The molecule has 0 heterocycles. The Morgan fingerprint density at radius 3 is 2.00 bits per heavy atom. The Bertz CT molecular complexity index is 936. The molecule has 2 aromatic rings. The van der Waals surface area contributed by atoms with E-state index >= 15 is 0 Å². The van der Waals surface area contributed by atoms with Crippen molar-refractivity contribution < 1.29 is 36.3 Å². The van der Waals surface area contributed by atoms with Crippen molar-refractivity contribution in [1.82, 2.24) is 5.32 Å². The van der Waals surface area contributed by atoms with Gasteiger partial charge in [0.1, 0.15) is 0 Å². The molecule has 2 N–H and O–H groups in total. The molecule has 0 saturated carbocycles. The smallest absolute Gasteiger partial charge is 0.297 e. The summed E-state index contributed by atoms with van der Waals surface area (Å²) < 4.78 is 77.9. The summed E-state index contributed by atoms with van der Waals surface area (Å²) in [5, 5.41) is 11.0. The number of carbonyl (C=O) groups excluding carboxylic acids is 1. The summed E-state index contributed by atoms with van der Waals surface area (Å²) in [5.41, 5.74) is -2.75. The third-order valence-corrected chi connectivity index (χ3v) is 4.03. The van der Waals surface area contributed by atoms with Gasteiger partial charge in [-0.2, -0.15) is 31.4 Å². The predicted octanol–water partition coefficient (Wildman–Crippen LogP) is 5.25. The number of nitrogens with zero attached hydrogens (tertiary/aromatic N) is 1. The summed E-state index contributed by atoms with van der Waals surface area (Å²) in [6, 6.07) is 5.40. The third kappa shape index (κ3) is 5.45. The molecule has 2 aromatic carbocycles. The number of rotatable bonds is 2. The molecule has 0 bridgehead atoms. The summed E-state index contributed by atoms with van der Waals surface area (Å²) in [6.45, 7) is 3.44. The number of alkyl halides is 6. The molecule has 156 valence electrons. The average Bonchev–Trinajstić information content (AvgIpc) is 2.58. The van der Waals surface area contributed by atoms with E-state index in [1.807, 2.05) is 0 Å². The van der Waals surface area contributed by atoms with Crippen LogP contribution < -0.4 is 10.4 Å². The lowest BCUT2D eigenvalue weighted by atomic mass is 10.1. The van der Waals surface area contributed by atoms with Gasteiger partial charge >= 0.3 is 12.4 Å². The fourth-order valence-electron chi connectivity index (χ4n) is 2.56. The number of carbonyl (C=O) groups is 1. The van der Waals surface area contributed by atoms with E-state index in [2.05, 4.69) is 5.32 Å². The van der Waals surface area contributed by atoms with Gasteiger partial charge in [-0.15, -0.1) is 0 Å². The first-order valence-electron chi connectivity index (χ1n) is 7.91. The van der Waals surface area contributed by atoms with Gasteiger partial charge in [0.05, 0.1) is 16.8 Å². The molecule has 1 amide bonds. The Hall–Kier alpha value is -2.66. The van der Waals surface area contributed by atoms with Crippen LogP contribution in [0.15, 0.2) is 36.4 Å². The van der Waals surface area contributed by atoms with Crippen LogP contribution >= 0.6 is 12.2 Å². The quantitative estimate of drug-likeness (QED) is 0.384. The number of aryl methyl sites for hydroxylation is 2. The van der Waals surface area contributed by atoms with E-state index in [9.17, 15) is 36.3 Å². The maximum Gasteiger partial charge on any atom is 0.418 e. The maximum absolute atomic E-state index is 13.2. The summed E-state index contributed by atoms with van der Waals surface area (Å²) in [4.78, 5) is 12.3. The third-order valence-electron chi connectivity index (χ3n) is 3.75. The van der Waals surface area contributed by atoms with Gasteiger partial charge in [-0.05, 0) is 56.4 Å². The number of amides is 1. The second-order valence-corrected chi connectivity index (χ2v) is 6.56. The zero-order valence-electron chi connectivity index (χ0n) is 14.9. The number of hydrogen-bond acceptors (Lipinski definition) is 3. The van der Waals surface area contributed by atoms with E-state index in [0.717, 1.165) is 11.1 Å². The van der Waals surface area contributed by atoms with Crippen LogP contribution in [0, 0.1) is 13.8 Å². The minimum absolute atomic E-state index is 0.140. The molecule has 0 atom stereocenters. The number of benzene rings is 2. The Kier molecular flexibility index (Phi) is 6.24. The normalized spacial score (nSPS) is 11.9. The molecule has 4 nitrogen and oxygen atoms in total. The zero-order chi connectivity index (χ0) is 22.1. The van der Waals surface area contributed by atoms with Gasteiger partial charge in [-0.3, -0.25) is 15.3 Å². The molecular formula is C18H14F6N2O2S. The van der Waals surface area contributed by atoms with Crippen LogP contribution in [0.3, 0.4) is 0 Å². The molecule has 0 fully saturated rings. The van der Waals surface area contributed by atoms with Crippen molar-refractivity contribution in [3.8, 4) is 0 Å². The lowest BCUT2D eigenvalue weighted by Gasteiger charge is -2.23. The molecule has 0 saturated heterocycles. The van der Waals surface area contributed by atoms with E-state index in [1.165, 1.54) is 12.1 Å². The molecular weight excluding hydrogens is 422 g/mol. The monoisotopic (exact) mass is 436 g/mol. The summed E-state index contributed by atoms with van der Waals surface area (Å²) >= 11 is 4.74. The van der Waals surface area contributed by atoms with E-state index in [4.69, 9.17) is 12.2 Å². The molecule has 11 heteroatoms. The molecule has 0 radical (unpaired) electrons. The van der Waals surface area contributed by atoms with E-state index in [-0.39, 0.29) is 16.7 Å². The van der Waals surface area contributed by atoms with Crippen molar-refractivity contribution in [3.05, 3.63) is 64.2 Å². The molecule has 29 heavy (non-hydrogen) atoms. The van der Waals surface area contributed by atoms with Gasteiger partial charge in [0, 0.05) is 5.56 Å². The van der Waals surface area contributed by atoms with Crippen LogP contribution in [0.25, 0.3) is 0 Å². The van der Waals surface area contributed by atoms with E-state index in [1.54, 1.807) is 19.9 Å². The Morgan fingerprint density at radius 2 is 1.52 bits per heavy atom. The van der Waals surface area contributed by atoms with Crippen molar-refractivity contribution >= 4 is 28.9 Å². The average molecular weight is 436 g/mol. The van der Waals surface area contributed by atoms with Crippen molar-refractivity contribution in [3.63, 3.8) is 0 Å². The largest absolute Gasteiger partial charge is 0.418 e. The standard InChI is InChI=1S/C18H14F6N2O2S/c1-9-5-10(2)7-11(6-9)15(27)25-16(29)26(28)14-4-3-12(17(19,20)21)8-13(14)18(22,23)24/h3-8,28H,1-2H3,(H,25,27,29). The van der Waals surface area contributed by atoms with Crippen LogP contribution in [0.2, 0.25) is 0 Å². The highest BCUT2D eigenvalue weighted by atomic mass is 32.1.